The number of para-hydroxylation sites is 1. The number of rotatable bonds is 7. The molecule has 8 heteroatoms. The molecule has 4 N–H and O–H groups in total. The summed E-state index contributed by atoms with van der Waals surface area (Å²) in [5.41, 5.74) is 6.98. The van der Waals surface area contributed by atoms with Crippen LogP contribution >= 0.6 is 0 Å². The molecule has 33 heavy (non-hydrogen) atoms. The SMILES string of the molecule is C[C@@H](NC(=O)c1ccccc1CCC(=O)NN)c1cc(-c2cnn(C)c2)nc2ccccc12. The molecule has 0 saturated carbocycles. The number of aromatic nitrogens is 3. The Balaban J connectivity index is 1.64. The van der Waals surface area contributed by atoms with Gasteiger partial charge in [-0.2, -0.15) is 5.10 Å². The van der Waals surface area contributed by atoms with Crippen LogP contribution in [0.3, 0.4) is 0 Å². The zero-order chi connectivity index (χ0) is 23.4. The second-order valence-corrected chi connectivity index (χ2v) is 7.94. The highest BCUT2D eigenvalue weighted by Gasteiger charge is 2.18. The van der Waals surface area contributed by atoms with Gasteiger partial charge in [-0.15, -0.1) is 0 Å². The monoisotopic (exact) mass is 442 g/mol. The number of hydrogen-bond acceptors (Lipinski definition) is 5. The lowest BCUT2D eigenvalue weighted by molar-refractivity contribution is -0.121. The second-order valence-electron chi connectivity index (χ2n) is 7.94. The van der Waals surface area contributed by atoms with Gasteiger partial charge in [-0.3, -0.25) is 19.7 Å². The first-order valence-electron chi connectivity index (χ1n) is 10.7. The van der Waals surface area contributed by atoms with Crippen LogP contribution in [0.5, 0.6) is 0 Å². The van der Waals surface area contributed by atoms with Crippen LogP contribution in [0.2, 0.25) is 0 Å². The first kappa shape index (κ1) is 22.2. The summed E-state index contributed by atoms with van der Waals surface area (Å²) in [6.07, 6.45) is 4.32. The topological polar surface area (TPSA) is 115 Å². The summed E-state index contributed by atoms with van der Waals surface area (Å²) < 4.78 is 1.74. The molecule has 2 aromatic carbocycles. The molecular weight excluding hydrogens is 416 g/mol. The number of nitrogens with zero attached hydrogens (tertiary/aromatic N) is 3. The number of pyridine rings is 1. The van der Waals surface area contributed by atoms with Crippen molar-refractivity contribution in [2.45, 2.75) is 25.8 Å². The highest BCUT2D eigenvalue weighted by atomic mass is 16.2. The van der Waals surface area contributed by atoms with Crippen molar-refractivity contribution in [3.63, 3.8) is 0 Å². The van der Waals surface area contributed by atoms with Gasteiger partial charge in [0.2, 0.25) is 5.91 Å². The first-order chi connectivity index (χ1) is 16.0. The average molecular weight is 443 g/mol. The number of nitrogens with one attached hydrogen (secondary N) is 2. The number of aryl methyl sites for hydroxylation is 2. The van der Waals surface area contributed by atoms with E-state index in [1.807, 2.05) is 68.7 Å². The molecule has 2 heterocycles. The van der Waals surface area contributed by atoms with E-state index in [0.717, 1.165) is 33.3 Å². The lowest BCUT2D eigenvalue weighted by atomic mass is 9.98. The quantitative estimate of drug-likeness (QED) is 0.231. The third-order valence-electron chi connectivity index (χ3n) is 5.61. The first-order valence-corrected chi connectivity index (χ1v) is 10.7. The second kappa shape index (κ2) is 9.62. The number of hydrogen-bond donors (Lipinski definition) is 3. The molecule has 0 fully saturated rings. The Hall–Kier alpha value is -4.04. The van der Waals surface area contributed by atoms with Gasteiger partial charge >= 0.3 is 0 Å². The van der Waals surface area contributed by atoms with Gasteiger partial charge in [0.15, 0.2) is 0 Å². The van der Waals surface area contributed by atoms with Crippen molar-refractivity contribution in [2.75, 3.05) is 0 Å². The van der Waals surface area contributed by atoms with E-state index in [2.05, 4.69) is 15.8 Å². The molecule has 0 spiro atoms. The summed E-state index contributed by atoms with van der Waals surface area (Å²) in [7, 11) is 1.86. The van der Waals surface area contributed by atoms with Gasteiger partial charge in [0.1, 0.15) is 0 Å². The van der Waals surface area contributed by atoms with Crippen LogP contribution < -0.4 is 16.6 Å². The van der Waals surface area contributed by atoms with Crippen LogP contribution in [0.15, 0.2) is 67.0 Å². The third kappa shape index (κ3) is 4.91. The van der Waals surface area contributed by atoms with Gasteiger partial charge in [0.05, 0.1) is 23.4 Å². The predicted molar refractivity (Wildman–Crippen MR) is 127 cm³/mol. The molecule has 4 rings (SSSR count). The van der Waals surface area contributed by atoms with Gasteiger partial charge < -0.3 is 5.32 Å². The molecule has 2 aromatic heterocycles. The molecule has 168 valence electrons. The highest BCUT2D eigenvalue weighted by Crippen LogP contribution is 2.29. The smallest absolute Gasteiger partial charge is 0.252 e. The van der Waals surface area contributed by atoms with Crippen LogP contribution in [0, 0.1) is 0 Å². The van der Waals surface area contributed by atoms with Gasteiger partial charge in [-0.1, -0.05) is 36.4 Å². The van der Waals surface area contributed by atoms with Crippen molar-refractivity contribution >= 4 is 22.7 Å². The molecule has 4 aromatic rings. The van der Waals surface area contributed by atoms with E-state index >= 15 is 0 Å². The van der Waals surface area contributed by atoms with E-state index < -0.39 is 0 Å². The summed E-state index contributed by atoms with van der Waals surface area (Å²) in [5.74, 6) is 4.70. The largest absolute Gasteiger partial charge is 0.345 e. The zero-order valence-corrected chi connectivity index (χ0v) is 18.6. The summed E-state index contributed by atoms with van der Waals surface area (Å²) in [6.45, 7) is 1.96. The van der Waals surface area contributed by atoms with Crippen LogP contribution in [0.4, 0.5) is 0 Å². The van der Waals surface area contributed by atoms with Crippen LogP contribution in [0.25, 0.3) is 22.2 Å². The molecule has 0 aliphatic heterocycles. The van der Waals surface area contributed by atoms with E-state index in [1.165, 1.54) is 0 Å². The minimum Gasteiger partial charge on any atom is -0.345 e. The van der Waals surface area contributed by atoms with Crippen LogP contribution in [0.1, 0.15) is 40.9 Å². The number of amides is 2. The van der Waals surface area contributed by atoms with Gasteiger partial charge in [-0.05, 0) is 42.7 Å². The molecule has 1 atom stereocenters. The minimum absolute atomic E-state index is 0.199. The summed E-state index contributed by atoms with van der Waals surface area (Å²) in [4.78, 5) is 29.5. The van der Waals surface area contributed by atoms with E-state index in [1.54, 1.807) is 16.9 Å². The van der Waals surface area contributed by atoms with Gasteiger partial charge in [-0.25, -0.2) is 10.8 Å². The molecule has 0 aliphatic carbocycles. The van der Waals surface area contributed by atoms with Crippen molar-refractivity contribution in [3.05, 3.63) is 83.7 Å². The molecular formula is C25H26N6O2. The van der Waals surface area contributed by atoms with E-state index in [9.17, 15) is 9.59 Å². The van der Waals surface area contributed by atoms with Crippen molar-refractivity contribution in [3.8, 4) is 11.3 Å². The molecule has 8 nitrogen and oxygen atoms in total. The maximum atomic E-state index is 13.2. The van der Waals surface area contributed by atoms with Crippen LogP contribution in [-0.4, -0.2) is 26.6 Å². The van der Waals surface area contributed by atoms with Crippen molar-refractivity contribution in [1.29, 1.82) is 0 Å². The highest BCUT2D eigenvalue weighted by molar-refractivity contribution is 5.96. The fraction of sp³-hybridized carbons (Fsp3) is 0.200. The summed E-state index contributed by atoms with van der Waals surface area (Å²) in [6, 6.07) is 16.9. The molecule has 0 bridgehead atoms. The van der Waals surface area contributed by atoms with Crippen molar-refractivity contribution < 1.29 is 9.59 Å². The van der Waals surface area contributed by atoms with Crippen molar-refractivity contribution in [1.82, 2.24) is 25.5 Å². The standard InChI is InChI=1S/C25H26N6O2/c1-16(28-25(33)19-8-4-3-7-17(19)11-12-24(32)30-26)21-13-23(18-14-27-31(2)15-18)29-22-10-6-5-9-20(21)22/h3-10,13-16H,11-12,26H2,1-2H3,(H,28,33)(H,30,32)/t16-/m1/s1. The Morgan fingerprint density at radius 2 is 1.88 bits per heavy atom. The van der Waals surface area contributed by atoms with Gasteiger partial charge in [0.25, 0.3) is 5.91 Å². The number of carbonyl (C=O) groups excluding carboxylic acids is 2. The molecule has 0 aliphatic rings. The molecule has 0 radical (unpaired) electrons. The third-order valence-corrected chi connectivity index (χ3v) is 5.61. The molecule has 2 amide bonds. The van der Waals surface area contributed by atoms with Gasteiger partial charge in [0, 0.05) is 36.2 Å². The zero-order valence-electron chi connectivity index (χ0n) is 18.6. The number of benzene rings is 2. The molecule has 0 saturated heterocycles. The number of hydrazine groups is 1. The Morgan fingerprint density at radius 3 is 2.64 bits per heavy atom. The summed E-state index contributed by atoms with van der Waals surface area (Å²) >= 11 is 0. The summed E-state index contributed by atoms with van der Waals surface area (Å²) in [5, 5.41) is 8.35. The number of fused-ring (bicyclic) bond motifs is 1. The number of carbonyl (C=O) groups is 2. The maximum Gasteiger partial charge on any atom is 0.252 e. The lowest BCUT2D eigenvalue weighted by Gasteiger charge is -2.19. The average Bonchev–Trinajstić information content (AvgIpc) is 3.28. The van der Waals surface area contributed by atoms with E-state index in [4.69, 9.17) is 10.8 Å². The van der Waals surface area contributed by atoms with Crippen LogP contribution in [-0.2, 0) is 18.3 Å². The van der Waals surface area contributed by atoms with Crippen molar-refractivity contribution in [2.24, 2.45) is 12.9 Å². The predicted octanol–water partition coefficient (Wildman–Crippen LogP) is 3.05. The number of nitrogens with two attached hydrogens (primary N) is 1. The Morgan fingerprint density at radius 1 is 1.12 bits per heavy atom. The Labute approximate surface area is 191 Å². The minimum atomic E-state index is -0.277. The maximum absolute atomic E-state index is 13.2. The normalized spacial score (nSPS) is 11.8. The fourth-order valence-corrected chi connectivity index (χ4v) is 3.89. The van der Waals surface area contributed by atoms with E-state index in [-0.39, 0.29) is 24.3 Å². The lowest BCUT2D eigenvalue weighted by Crippen LogP contribution is -2.30. The Kier molecular flexibility index (Phi) is 6.46. The Bertz CT molecular complexity index is 1310. The fourth-order valence-electron chi connectivity index (χ4n) is 3.89. The van der Waals surface area contributed by atoms with E-state index in [0.29, 0.717) is 12.0 Å². The molecule has 0 unspecified atom stereocenters.